The summed E-state index contributed by atoms with van der Waals surface area (Å²) in [4.78, 5) is 28.1. The zero-order valence-corrected chi connectivity index (χ0v) is 16.6. The zero-order valence-electron chi connectivity index (χ0n) is 15.8. The van der Waals surface area contributed by atoms with Gasteiger partial charge in [-0.2, -0.15) is 0 Å². The third kappa shape index (κ3) is 4.92. The number of hydrogen-bond acceptors (Lipinski definition) is 6. The fourth-order valence-corrected chi connectivity index (χ4v) is 2.91. The van der Waals surface area contributed by atoms with Gasteiger partial charge in [0.1, 0.15) is 11.4 Å². The molecular weight excluding hydrogens is 384 g/mol. The van der Waals surface area contributed by atoms with Crippen molar-refractivity contribution in [2.24, 2.45) is 0 Å². The Morgan fingerprint density at radius 3 is 2.82 bits per heavy atom. The number of halogens is 1. The normalized spacial score (nSPS) is 15.1. The third-order valence-electron chi connectivity index (χ3n) is 4.06. The number of carbonyl (C=O) groups excluding carboxylic acids is 2. The van der Waals surface area contributed by atoms with Crippen LogP contribution in [0.3, 0.4) is 0 Å². The number of aromatic nitrogens is 1. The Balaban J connectivity index is 1.51. The van der Waals surface area contributed by atoms with Crippen molar-refractivity contribution in [3.63, 3.8) is 0 Å². The van der Waals surface area contributed by atoms with E-state index in [-0.39, 0.29) is 12.2 Å². The summed E-state index contributed by atoms with van der Waals surface area (Å²) in [5.41, 5.74) is 0.712. The number of fused-ring (bicyclic) bond motifs is 1. The smallest absolute Gasteiger partial charge is 0.344 e. The maximum Gasteiger partial charge on any atom is 0.344 e. The van der Waals surface area contributed by atoms with E-state index in [1.807, 2.05) is 26.0 Å². The van der Waals surface area contributed by atoms with Crippen LogP contribution in [0.15, 0.2) is 36.5 Å². The number of para-hydroxylation sites is 1. The Morgan fingerprint density at radius 2 is 2.11 bits per heavy atom. The molecule has 28 heavy (non-hydrogen) atoms. The lowest BCUT2D eigenvalue weighted by Gasteiger charge is -2.18. The molecule has 8 heteroatoms. The maximum absolute atomic E-state index is 12.1. The Kier molecular flexibility index (Phi) is 5.74. The first-order valence-electron chi connectivity index (χ1n) is 8.79. The van der Waals surface area contributed by atoms with E-state index in [1.165, 1.54) is 13.1 Å². The van der Waals surface area contributed by atoms with Crippen LogP contribution in [-0.2, 0) is 20.7 Å². The third-order valence-corrected chi connectivity index (χ3v) is 4.28. The summed E-state index contributed by atoms with van der Waals surface area (Å²) >= 11 is 5.75. The number of nitrogens with zero attached hydrogens (tertiary/aromatic N) is 1. The average Bonchev–Trinajstić information content (AvgIpc) is 2.96. The highest BCUT2D eigenvalue weighted by Crippen LogP contribution is 2.41. The first kappa shape index (κ1) is 19.9. The highest BCUT2D eigenvalue weighted by atomic mass is 35.5. The molecule has 1 atom stereocenters. The van der Waals surface area contributed by atoms with Crippen molar-refractivity contribution in [2.75, 3.05) is 11.9 Å². The van der Waals surface area contributed by atoms with Crippen LogP contribution in [0.4, 0.5) is 5.82 Å². The molecule has 0 aliphatic carbocycles. The van der Waals surface area contributed by atoms with Crippen molar-refractivity contribution in [3.8, 4) is 11.5 Å². The van der Waals surface area contributed by atoms with Gasteiger partial charge in [0.15, 0.2) is 24.2 Å². The molecule has 0 saturated carbocycles. The van der Waals surface area contributed by atoms with Crippen LogP contribution in [0.2, 0.25) is 5.02 Å². The van der Waals surface area contributed by atoms with E-state index in [2.05, 4.69) is 10.3 Å². The Hall–Kier alpha value is -2.80. The number of anilines is 1. The fraction of sp³-hybridized carbons (Fsp3) is 0.350. The molecule has 1 aromatic carbocycles. The Bertz CT molecular complexity index is 883. The van der Waals surface area contributed by atoms with Crippen LogP contribution < -0.4 is 14.8 Å². The van der Waals surface area contributed by atoms with Gasteiger partial charge in [0.2, 0.25) is 0 Å². The van der Waals surface area contributed by atoms with Crippen LogP contribution in [0.1, 0.15) is 26.3 Å². The second kappa shape index (κ2) is 8.06. The number of carbonyl (C=O) groups is 2. The summed E-state index contributed by atoms with van der Waals surface area (Å²) < 4.78 is 16.6. The second-order valence-corrected chi connectivity index (χ2v) is 7.49. The average molecular weight is 405 g/mol. The molecule has 2 aromatic rings. The van der Waals surface area contributed by atoms with E-state index in [0.717, 1.165) is 12.0 Å². The van der Waals surface area contributed by atoms with Crippen molar-refractivity contribution in [1.29, 1.82) is 0 Å². The molecule has 0 bridgehead atoms. The van der Waals surface area contributed by atoms with E-state index in [0.29, 0.717) is 22.3 Å². The van der Waals surface area contributed by atoms with Gasteiger partial charge < -0.3 is 19.5 Å². The SMILES string of the molecule is C[C@@H](OC(=O)COc1cccc2c1OC(C)(C)C2)C(=O)Nc1ccc(Cl)cn1. The zero-order chi connectivity index (χ0) is 20.3. The largest absolute Gasteiger partial charge is 0.483 e. The minimum Gasteiger partial charge on any atom is -0.483 e. The van der Waals surface area contributed by atoms with E-state index >= 15 is 0 Å². The maximum atomic E-state index is 12.1. The van der Waals surface area contributed by atoms with E-state index in [1.54, 1.807) is 18.2 Å². The number of rotatable bonds is 6. The molecular formula is C20H21ClN2O5. The predicted octanol–water partition coefficient (Wildman–Crippen LogP) is 3.40. The van der Waals surface area contributed by atoms with Gasteiger partial charge in [-0.3, -0.25) is 4.79 Å². The molecule has 7 nitrogen and oxygen atoms in total. The highest BCUT2D eigenvalue weighted by Gasteiger charge is 2.32. The monoisotopic (exact) mass is 404 g/mol. The van der Waals surface area contributed by atoms with Crippen molar-refractivity contribution < 1.29 is 23.8 Å². The number of amides is 1. The van der Waals surface area contributed by atoms with Crippen LogP contribution >= 0.6 is 11.6 Å². The van der Waals surface area contributed by atoms with Crippen LogP contribution in [-0.4, -0.2) is 35.2 Å². The topological polar surface area (TPSA) is 86.8 Å². The van der Waals surface area contributed by atoms with Crippen LogP contribution in [0, 0.1) is 0 Å². The molecule has 0 radical (unpaired) electrons. The van der Waals surface area contributed by atoms with Crippen molar-refractivity contribution in [1.82, 2.24) is 4.98 Å². The molecule has 0 spiro atoms. The summed E-state index contributed by atoms with van der Waals surface area (Å²) in [5.74, 6) is 0.256. The second-order valence-electron chi connectivity index (χ2n) is 7.05. The summed E-state index contributed by atoms with van der Waals surface area (Å²) in [5, 5.41) is 3.00. The molecule has 1 aromatic heterocycles. The Morgan fingerprint density at radius 1 is 1.32 bits per heavy atom. The van der Waals surface area contributed by atoms with Gasteiger partial charge >= 0.3 is 5.97 Å². The van der Waals surface area contributed by atoms with Gasteiger partial charge in [-0.15, -0.1) is 0 Å². The van der Waals surface area contributed by atoms with Gasteiger partial charge in [0.05, 0.1) is 5.02 Å². The van der Waals surface area contributed by atoms with Gasteiger partial charge in [0, 0.05) is 18.2 Å². The molecule has 1 amide bonds. The molecule has 1 aliphatic heterocycles. The summed E-state index contributed by atoms with van der Waals surface area (Å²) in [7, 11) is 0. The van der Waals surface area contributed by atoms with Gasteiger partial charge in [0.25, 0.3) is 5.91 Å². The van der Waals surface area contributed by atoms with Crippen molar-refractivity contribution in [3.05, 3.63) is 47.1 Å². The van der Waals surface area contributed by atoms with Crippen LogP contribution in [0.5, 0.6) is 11.5 Å². The molecule has 0 unspecified atom stereocenters. The Labute approximate surface area is 168 Å². The van der Waals surface area contributed by atoms with Crippen molar-refractivity contribution in [2.45, 2.75) is 38.9 Å². The standard InChI is InChI=1S/C20H21ClN2O5/c1-12(19(25)23-16-8-7-14(21)10-22-16)27-17(24)11-26-15-6-4-5-13-9-20(2,3)28-18(13)15/h4-8,10,12H,9,11H2,1-3H3,(H,22,23,25)/t12-/m1/s1. The summed E-state index contributed by atoms with van der Waals surface area (Å²) in [6.07, 6.45) is 1.16. The minimum atomic E-state index is -1.01. The lowest BCUT2D eigenvalue weighted by Crippen LogP contribution is -2.32. The van der Waals surface area contributed by atoms with Gasteiger partial charge in [-0.05, 0) is 39.0 Å². The first-order chi connectivity index (χ1) is 13.2. The van der Waals surface area contributed by atoms with Crippen LogP contribution in [0.25, 0.3) is 0 Å². The number of esters is 1. The van der Waals surface area contributed by atoms with Gasteiger partial charge in [-0.25, -0.2) is 9.78 Å². The molecule has 0 saturated heterocycles. The molecule has 2 heterocycles. The molecule has 1 aliphatic rings. The highest BCUT2D eigenvalue weighted by molar-refractivity contribution is 6.30. The number of pyridine rings is 1. The summed E-state index contributed by atoms with van der Waals surface area (Å²) in [6, 6.07) is 8.69. The lowest BCUT2D eigenvalue weighted by molar-refractivity contribution is -0.155. The minimum absolute atomic E-state index is 0.313. The summed E-state index contributed by atoms with van der Waals surface area (Å²) in [6.45, 7) is 5.10. The predicted molar refractivity (Wildman–Crippen MR) is 104 cm³/mol. The number of nitrogens with one attached hydrogen (secondary N) is 1. The van der Waals surface area contributed by atoms with Crippen molar-refractivity contribution >= 4 is 29.3 Å². The molecule has 1 N–H and O–H groups in total. The number of hydrogen-bond donors (Lipinski definition) is 1. The fourth-order valence-electron chi connectivity index (χ4n) is 2.80. The van der Waals surface area contributed by atoms with E-state index < -0.39 is 18.0 Å². The first-order valence-corrected chi connectivity index (χ1v) is 9.17. The lowest BCUT2D eigenvalue weighted by atomic mass is 10.0. The molecule has 3 rings (SSSR count). The molecule has 148 valence electrons. The number of ether oxygens (including phenoxy) is 3. The molecule has 0 fully saturated rings. The van der Waals surface area contributed by atoms with E-state index in [4.69, 9.17) is 25.8 Å². The quantitative estimate of drug-likeness (QED) is 0.742. The number of benzene rings is 1. The van der Waals surface area contributed by atoms with E-state index in [9.17, 15) is 9.59 Å². The van der Waals surface area contributed by atoms with Gasteiger partial charge in [-0.1, -0.05) is 23.7 Å².